The van der Waals surface area contributed by atoms with E-state index in [1.54, 1.807) is 10.9 Å². The Morgan fingerprint density at radius 2 is 2.12 bits per heavy atom. The van der Waals surface area contributed by atoms with Gasteiger partial charge in [-0.2, -0.15) is 5.10 Å². The Labute approximate surface area is 94.7 Å². The summed E-state index contributed by atoms with van der Waals surface area (Å²) in [5.41, 5.74) is 4.10. The third kappa shape index (κ3) is 1.89. The van der Waals surface area contributed by atoms with Crippen LogP contribution in [0.1, 0.15) is 27.2 Å². The zero-order valence-corrected chi connectivity index (χ0v) is 9.47. The second-order valence-electron chi connectivity index (χ2n) is 3.89. The Kier molecular flexibility index (Phi) is 2.86. The molecule has 0 aliphatic heterocycles. The fourth-order valence-corrected chi connectivity index (χ4v) is 1.78. The first-order valence-corrected chi connectivity index (χ1v) is 5.23. The predicted octanol–water partition coefficient (Wildman–Crippen LogP) is 2.13. The van der Waals surface area contributed by atoms with Crippen molar-refractivity contribution in [2.45, 2.75) is 13.3 Å². The molecule has 0 radical (unpaired) electrons. The molecule has 2 aromatic rings. The van der Waals surface area contributed by atoms with Gasteiger partial charge in [-0.3, -0.25) is 9.48 Å². The van der Waals surface area contributed by atoms with Crippen molar-refractivity contribution in [3.05, 3.63) is 52.8 Å². The molecule has 3 heteroatoms. The van der Waals surface area contributed by atoms with Crippen LogP contribution in [0.5, 0.6) is 0 Å². The van der Waals surface area contributed by atoms with Gasteiger partial charge in [0.2, 0.25) is 0 Å². The van der Waals surface area contributed by atoms with Crippen LogP contribution in [-0.4, -0.2) is 16.1 Å². The van der Waals surface area contributed by atoms with Crippen molar-refractivity contribution >= 4 is 6.29 Å². The summed E-state index contributed by atoms with van der Waals surface area (Å²) in [5.74, 6) is 0. The molecule has 0 amide bonds. The summed E-state index contributed by atoms with van der Waals surface area (Å²) in [7, 11) is 1.86. The van der Waals surface area contributed by atoms with Gasteiger partial charge in [0.25, 0.3) is 0 Å². The molecule has 0 unspecified atom stereocenters. The minimum atomic E-state index is 0.672. The number of nitrogens with zero attached hydrogens (tertiary/aromatic N) is 2. The Hall–Kier alpha value is -1.90. The molecule has 1 aromatic carbocycles. The van der Waals surface area contributed by atoms with E-state index in [-0.39, 0.29) is 0 Å². The molecule has 0 fully saturated rings. The van der Waals surface area contributed by atoms with Gasteiger partial charge in [-0.05, 0) is 18.1 Å². The van der Waals surface area contributed by atoms with Crippen LogP contribution in [0.4, 0.5) is 0 Å². The summed E-state index contributed by atoms with van der Waals surface area (Å²) >= 11 is 0. The predicted molar refractivity (Wildman–Crippen MR) is 62.6 cm³/mol. The second-order valence-corrected chi connectivity index (χ2v) is 3.89. The minimum Gasteiger partial charge on any atom is -0.298 e. The van der Waals surface area contributed by atoms with Gasteiger partial charge in [-0.25, -0.2) is 0 Å². The summed E-state index contributed by atoms with van der Waals surface area (Å²) in [6.45, 7) is 2.08. The molecule has 0 aliphatic carbocycles. The van der Waals surface area contributed by atoms with E-state index in [1.807, 2.05) is 19.2 Å². The van der Waals surface area contributed by atoms with Gasteiger partial charge in [0.15, 0.2) is 6.29 Å². The Morgan fingerprint density at radius 1 is 1.38 bits per heavy atom. The largest absolute Gasteiger partial charge is 0.298 e. The first-order chi connectivity index (χ1) is 7.72. The van der Waals surface area contributed by atoms with Crippen LogP contribution in [0.25, 0.3) is 0 Å². The zero-order valence-electron chi connectivity index (χ0n) is 9.47. The molecule has 2 rings (SSSR count). The standard InChI is InChI=1S/C13H14N2O/c1-10-5-3-4-6-11(10)7-13-12(9-16)8-14-15(13)2/h3-6,8-9H,7H2,1-2H3. The van der Waals surface area contributed by atoms with E-state index < -0.39 is 0 Å². The molecule has 0 bridgehead atoms. The summed E-state index contributed by atoms with van der Waals surface area (Å²) < 4.78 is 1.76. The topological polar surface area (TPSA) is 34.9 Å². The lowest BCUT2D eigenvalue weighted by atomic mass is 10.0. The van der Waals surface area contributed by atoms with Crippen molar-refractivity contribution in [1.82, 2.24) is 9.78 Å². The van der Waals surface area contributed by atoms with E-state index in [2.05, 4.69) is 24.2 Å². The van der Waals surface area contributed by atoms with Crippen molar-refractivity contribution < 1.29 is 4.79 Å². The van der Waals surface area contributed by atoms with Gasteiger partial charge in [0.05, 0.1) is 17.5 Å². The molecule has 0 spiro atoms. The SMILES string of the molecule is Cc1ccccc1Cc1c(C=O)cnn1C. The second kappa shape index (κ2) is 4.31. The van der Waals surface area contributed by atoms with Gasteiger partial charge in [-0.1, -0.05) is 24.3 Å². The van der Waals surface area contributed by atoms with E-state index >= 15 is 0 Å². The number of aryl methyl sites for hydroxylation is 2. The summed E-state index contributed by atoms with van der Waals surface area (Å²) in [4.78, 5) is 10.9. The van der Waals surface area contributed by atoms with E-state index in [1.165, 1.54) is 11.1 Å². The molecule has 0 saturated heterocycles. The number of hydrogen-bond donors (Lipinski definition) is 0. The number of aromatic nitrogens is 2. The van der Waals surface area contributed by atoms with Gasteiger partial charge >= 0.3 is 0 Å². The van der Waals surface area contributed by atoms with Crippen molar-refractivity contribution in [2.75, 3.05) is 0 Å². The number of benzene rings is 1. The molecular weight excluding hydrogens is 200 g/mol. The lowest BCUT2D eigenvalue weighted by Gasteiger charge is -2.06. The molecule has 1 aromatic heterocycles. The van der Waals surface area contributed by atoms with Crippen molar-refractivity contribution in [3.63, 3.8) is 0 Å². The van der Waals surface area contributed by atoms with E-state index in [0.29, 0.717) is 5.56 Å². The maximum absolute atomic E-state index is 10.9. The summed E-state index contributed by atoms with van der Waals surface area (Å²) in [5, 5.41) is 4.10. The number of carbonyl (C=O) groups is 1. The quantitative estimate of drug-likeness (QED) is 0.734. The first-order valence-electron chi connectivity index (χ1n) is 5.23. The third-order valence-corrected chi connectivity index (χ3v) is 2.84. The van der Waals surface area contributed by atoms with Gasteiger partial charge < -0.3 is 0 Å². The van der Waals surface area contributed by atoms with Crippen LogP contribution >= 0.6 is 0 Å². The smallest absolute Gasteiger partial charge is 0.153 e. The van der Waals surface area contributed by atoms with Crippen LogP contribution in [-0.2, 0) is 13.5 Å². The maximum Gasteiger partial charge on any atom is 0.153 e. The highest BCUT2D eigenvalue weighted by atomic mass is 16.1. The van der Waals surface area contributed by atoms with Crippen LogP contribution in [0.15, 0.2) is 30.5 Å². The first kappa shape index (κ1) is 10.6. The molecule has 0 atom stereocenters. The van der Waals surface area contributed by atoms with E-state index in [9.17, 15) is 4.79 Å². The lowest BCUT2D eigenvalue weighted by molar-refractivity contribution is 0.112. The van der Waals surface area contributed by atoms with E-state index in [0.717, 1.165) is 18.4 Å². The number of carbonyl (C=O) groups excluding carboxylic acids is 1. The highest BCUT2D eigenvalue weighted by Gasteiger charge is 2.09. The highest BCUT2D eigenvalue weighted by molar-refractivity contribution is 5.76. The fraction of sp³-hybridized carbons (Fsp3) is 0.231. The average Bonchev–Trinajstić information content (AvgIpc) is 2.63. The van der Waals surface area contributed by atoms with Crippen molar-refractivity contribution in [1.29, 1.82) is 0 Å². The molecule has 3 nitrogen and oxygen atoms in total. The minimum absolute atomic E-state index is 0.672. The number of aldehydes is 1. The monoisotopic (exact) mass is 214 g/mol. The molecule has 0 aliphatic rings. The van der Waals surface area contributed by atoms with Gasteiger partial charge in [0, 0.05) is 13.5 Å². The number of hydrogen-bond acceptors (Lipinski definition) is 2. The maximum atomic E-state index is 10.9. The van der Waals surface area contributed by atoms with Gasteiger partial charge in [0.1, 0.15) is 0 Å². The molecule has 0 N–H and O–H groups in total. The Morgan fingerprint density at radius 3 is 2.81 bits per heavy atom. The molecule has 1 heterocycles. The number of rotatable bonds is 3. The summed E-state index contributed by atoms with van der Waals surface area (Å²) in [6, 6.07) is 8.19. The molecular formula is C13H14N2O. The molecule has 82 valence electrons. The van der Waals surface area contributed by atoms with Gasteiger partial charge in [-0.15, -0.1) is 0 Å². The molecule has 16 heavy (non-hydrogen) atoms. The zero-order chi connectivity index (χ0) is 11.5. The average molecular weight is 214 g/mol. The summed E-state index contributed by atoms with van der Waals surface area (Å²) in [6.07, 6.45) is 3.22. The molecule has 0 saturated carbocycles. The van der Waals surface area contributed by atoms with Crippen LogP contribution in [0.2, 0.25) is 0 Å². The van der Waals surface area contributed by atoms with Crippen LogP contribution in [0.3, 0.4) is 0 Å². The van der Waals surface area contributed by atoms with Crippen LogP contribution in [0, 0.1) is 6.92 Å². The Balaban J connectivity index is 2.37. The Bertz CT molecular complexity index is 514. The lowest BCUT2D eigenvalue weighted by Crippen LogP contribution is -2.02. The third-order valence-electron chi connectivity index (χ3n) is 2.84. The highest BCUT2D eigenvalue weighted by Crippen LogP contribution is 2.15. The normalized spacial score (nSPS) is 10.4. The van der Waals surface area contributed by atoms with Crippen molar-refractivity contribution in [3.8, 4) is 0 Å². The van der Waals surface area contributed by atoms with Crippen LogP contribution < -0.4 is 0 Å². The fourth-order valence-electron chi connectivity index (χ4n) is 1.78. The van der Waals surface area contributed by atoms with Crippen molar-refractivity contribution in [2.24, 2.45) is 7.05 Å². The van der Waals surface area contributed by atoms with E-state index in [4.69, 9.17) is 0 Å².